The zero-order valence-corrected chi connectivity index (χ0v) is 10.1. The monoisotopic (exact) mass is 223 g/mol. The lowest BCUT2D eigenvalue weighted by Gasteiger charge is -2.19. The van der Waals surface area contributed by atoms with E-state index in [4.69, 9.17) is 5.73 Å². The van der Waals surface area contributed by atoms with E-state index >= 15 is 0 Å². The molecule has 0 unspecified atom stereocenters. The lowest BCUT2D eigenvalue weighted by molar-refractivity contribution is 0.731. The van der Waals surface area contributed by atoms with Crippen molar-refractivity contribution in [2.45, 2.75) is 38.5 Å². The first kappa shape index (κ1) is 10.9. The average Bonchev–Trinajstić information content (AvgIpc) is 2.27. The Morgan fingerprint density at radius 3 is 2.87 bits per heavy atom. The van der Waals surface area contributed by atoms with E-state index in [1.54, 1.807) is 0 Å². The second kappa shape index (κ2) is 4.49. The van der Waals surface area contributed by atoms with Crippen LogP contribution in [0.4, 0.5) is 0 Å². The van der Waals surface area contributed by atoms with Crippen molar-refractivity contribution in [2.24, 2.45) is 5.73 Å². The van der Waals surface area contributed by atoms with Crippen LogP contribution >= 0.6 is 11.8 Å². The molecule has 0 fully saturated rings. The summed E-state index contributed by atoms with van der Waals surface area (Å²) in [5, 5.41) is 0. The van der Waals surface area contributed by atoms with Crippen LogP contribution in [0.25, 0.3) is 0 Å². The fourth-order valence-corrected chi connectivity index (χ4v) is 2.71. The molecule has 1 aromatic rings. The molecular weight excluding hydrogens is 206 g/mol. The predicted octanol–water partition coefficient (Wildman–Crippen LogP) is 1.85. The van der Waals surface area contributed by atoms with Gasteiger partial charge in [-0.05, 0) is 17.7 Å². The first-order chi connectivity index (χ1) is 7.22. The molecule has 3 nitrogen and oxygen atoms in total. The third-order valence-electron chi connectivity index (χ3n) is 2.64. The maximum atomic E-state index is 5.75. The Labute approximate surface area is 94.9 Å². The molecule has 0 saturated heterocycles. The molecule has 0 spiro atoms. The molecule has 0 bridgehead atoms. The molecule has 1 aromatic heterocycles. The lowest BCUT2D eigenvalue weighted by atomic mass is 10.1. The highest BCUT2D eigenvalue weighted by atomic mass is 32.2. The third-order valence-corrected chi connectivity index (χ3v) is 3.61. The molecule has 2 heterocycles. The minimum absolute atomic E-state index is 0.382. The molecule has 4 heteroatoms. The molecule has 0 amide bonds. The summed E-state index contributed by atoms with van der Waals surface area (Å²) in [6.07, 6.45) is 1.07. The second-order valence-corrected chi connectivity index (χ2v) is 5.22. The fraction of sp³-hybridized carbons (Fsp3) is 0.636. The van der Waals surface area contributed by atoms with Crippen molar-refractivity contribution in [3.63, 3.8) is 0 Å². The Balaban J connectivity index is 2.48. The van der Waals surface area contributed by atoms with E-state index in [0.29, 0.717) is 12.5 Å². The Kier molecular flexibility index (Phi) is 3.26. The molecular formula is C11H17N3S. The summed E-state index contributed by atoms with van der Waals surface area (Å²) in [6, 6.07) is 0. The highest BCUT2D eigenvalue weighted by molar-refractivity contribution is 7.98. The van der Waals surface area contributed by atoms with E-state index in [1.807, 2.05) is 11.8 Å². The first-order valence-electron chi connectivity index (χ1n) is 5.38. The van der Waals surface area contributed by atoms with Crippen molar-refractivity contribution in [1.82, 2.24) is 9.97 Å². The molecule has 0 aliphatic carbocycles. The van der Waals surface area contributed by atoms with Crippen LogP contribution in [-0.2, 0) is 18.7 Å². The molecule has 1 aliphatic heterocycles. The van der Waals surface area contributed by atoms with Crippen molar-refractivity contribution in [3.8, 4) is 0 Å². The van der Waals surface area contributed by atoms with E-state index in [0.717, 1.165) is 23.7 Å². The zero-order chi connectivity index (χ0) is 10.8. The van der Waals surface area contributed by atoms with Gasteiger partial charge < -0.3 is 5.73 Å². The van der Waals surface area contributed by atoms with Crippen molar-refractivity contribution < 1.29 is 0 Å². The summed E-state index contributed by atoms with van der Waals surface area (Å²) in [7, 11) is 0. The number of hydrogen-bond acceptors (Lipinski definition) is 4. The maximum Gasteiger partial charge on any atom is 0.131 e. The van der Waals surface area contributed by atoms with Crippen LogP contribution in [0.5, 0.6) is 0 Å². The molecule has 1 aliphatic rings. The molecule has 15 heavy (non-hydrogen) atoms. The van der Waals surface area contributed by atoms with E-state index < -0.39 is 0 Å². The second-order valence-electron chi connectivity index (χ2n) is 4.12. The Morgan fingerprint density at radius 2 is 2.20 bits per heavy atom. The van der Waals surface area contributed by atoms with E-state index in [-0.39, 0.29) is 0 Å². The normalized spacial score (nSPS) is 15.5. The Morgan fingerprint density at radius 1 is 1.40 bits per heavy atom. The summed E-state index contributed by atoms with van der Waals surface area (Å²) >= 11 is 1.95. The summed E-state index contributed by atoms with van der Waals surface area (Å²) in [4.78, 5) is 9.19. The largest absolute Gasteiger partial charge is 0.325 e. The van der Waals surface area contributed by atoms with Crippen LogP contribution in [0.3, 0.4) is 0 Å². The number of fused-ring (bicyclic) bond motifs is 1. The molecule has 0 saturated carbocycles. The average molecular weight is 223 g/mol. The maximum absolute atomic E-state index is 5.75. The van der Waals surface area contributed by atoms with Crippen molar-refractivity contribution in [3.05, 3.63) is 22.8 Å². The van der Waals surface area contributed by atoms with Gasteiger partial charge in [-0.1, -0.05) is 13.8 Å². The lowest BCUT2D eigenvalue weighted by Crippen LogP contribution is -2.16. The minimum Gasteiger partial charge on any atom is -0.325 e. The highest BCUT2D eigenvalue weighted by Gasteiger charge is 2.17. The van der Waals surface area contributed by atoms with Crippen molar-refractivity contribution >= 4 is 11.8 Å². The Hall–Kier alpha value is -0.610. The standard InChI is InChI=1S/C11H17N3S/c1-7(2)11-13-9(5-12)8-3-4-15-6-10(8)14-11/h7H,3-6,12H2,1-2H3. The van der Waals surface area contributed by atoms with Gasteiger partial charge in [0.1, 0.15) is 5.82 Å². The third kappa shape index (κ3) is 2.16. The van der Waals surface area contributed by atoms with Crippen molar-refractivity contribution in [1.29, 1.82) is 0 Å². The van der Waals surface area contributed by atoms with Gasteiger partial charge in [-0.3, -0.25) is 0 Å². The van der Waals surface area contributed by atoms with Gasteiger partial charge in [0.15, 0.2) is 0 Å². The van der Waals surface area contributed by atoms with Gasteiger partial charge in [0.25, 0.3) is 0 Å². The van der Waals surface area contributed by atoms with Gasteiger partial charge >= 0.3 is 0 Å². The smallest absolute Gasteiger partial charge is 0.131 e. The highest BCUT2D eigenvalue weighted by Crippen LogP contribution is 2.26. The number of rotatable bonds is 2. The van der Waals surface area contributed by atoms with Gasteiger partial charge in [-0.15, -0.1) is 0 Å². The van der Waals surface area contributed by atoms with Crippen LogP contribution in [0.15, 0.2) is 0 Å². The Bertz CT molecular complexity index is 346. The summed E-state index contributed by atoms with van der Waals surface area (Å²) in [5.41, 5.74) is 9.32. The van der Waals surface area contributed by atoms with Crippen molar-refractivity contribution in [2.75, 3.05) is 5.75 Å². The summed E-state index contributed by atoms with van der Waals surface area (Å²) < 4.78 is 0. The van der Waals surface area contributed by atoms with E-state index in [1.165, 1.54) is 17.0 Å². The first-order valence-corrected chi connectivity index (χ1v) is 6.54. The number of aromatic nitrogens is 2. The molecule has 0 atom stereocenters. The van der Waals surface area contributed by atoms with Crippen LogP contribution in [-0.4, -0.2) is 15.7 Å². The van der Waals surface area contributed by atoms with Gasteiger partial charge in [0.05, 0.1) is 11.4 Å². The quantitative estimate of drug-likeness (QED) is 0.831. The van der Waals surface area contributed by atoms with Gasteiger partial charge in [0.2, 0.25) is 0 Å². The molecule has 2 N–H and O–H groups in total. The number of thioether (sulfide) groups is 1. The molecule has 2 rings (SSSR count). The fourth-order valence-electron chi connectivity index (χ4n) is 1.78. The van der Waals surface area contributed by atoms with E-state index in [2.05, 4.69) is 23.8 Å². The van der Waals surface area contributed by atoms with E-state index in [9.17, 15) is 0 Å². The predicted molar refractivity (Wildman–Crippen MR) is 63.9 cm³/mol. The number of hydrogen-bond donors (Lipinski definition) is 1. The van der Waals surface area contributed by atoms with Crippen LogP contribution in [0.1, 0.15) is 42.5 Å². The molecule has 0 aromatic carbocycles. The summed E-state index contributed by atoms with van der Waals surface area (Å²) in [5.74, 6) is 3.51. The molecule has 0 radical (unpaired) electrons. The SMILES string of the molecule is CC(C)c1nc(CN)c2c(n1)CSCC2. The minimum atomic E-state index is 0.382. The number of nitrogens with two attached hydrogens (primary N) is 1. The van der Waals surface area contributed by atoms with Gasteiger partial charge in [0, 0.05) is 18.2 Å². The van der Waals surface area contributed by atoms with Crippen LogP contribution in [0.2, 0.25) is 0 Å². The molecule has 82 valence electrons. The van der Waals surface area contributed by atoms with Crippen LogP contribution in [0, 0.1) is 0 Å². The van der Waals surface area contributed by atoms with Gasteiger partial charge in [-0.2, -0.15) is 11.8 Å². The summed E-state index contributed by atoms with van der Waals surface area (Å²) in [6.45, 7) is 4.78. The van der Waals surface area contributed by atoms with Gasteiger partial charge in [-0.25, -0.2) is 9.97 Å². The zero-order valence-electron chi connectivity index (χ0n) is 9.29. The number of nitrogens with zero attached hydrogens (tertiary/aromatic N) is 2. The topological polar surface area (TPSA) is 51.8 Å². The van der Waals surface area contributed by atoms with Crippen LogP contribution < -0.4 is 5.73 Å².